The number of anilines is 2. The van der Waals surface area contributed by atoms with E-state index in [0.29, 0.717) is 11.4 Å². The molecule has 1 aromatic rings. The predicted octanol–water partition coefficient (Wildman–Crippen LogP) is 1.71. The van der Waals surface area contributed by atoms with E-state index in [9.17, 15) is 0 Å². The minimum absolute atomic E-state index is 0.646. The second-order valence-electron chi connectivity index (χ2n) is 1.63. The van der Waals surface area contributed by atoms with Gasteiger partial charge in [0, 0.05) is 6.38 Å². The van der Waals surface area contributed by atoms with Crippen LogP contribution in [-0.4, -0.2) is 6.38 Å². The zero-order valence-corrected chi connectivity index (χ0v) is 6.60. The van der Waals surface area contributed by atoms with Crippen molar-refractivity contribution in [2.24, 2.45) is 0 Å². The Morgan fingerprint density at radius 3 is 1.50 bits per heavy atom. The molecule has 0 amide bonds. The van der Waals surface area contributed by atoms with Gasteiger partial charge in [-0.25, -0.2) is 0 Å². The second kappa shape index (κ2) is 4.94. The van der Waals surface area contributed by atoms with Crippen LogP contribution in [0, 0.1) is 0 Å². The zero-order valence-electron chi connectivity index (χ0n) is 5.84. The molecule has 0 saturated carbocycles. The maximum absolute atomic E-state index is 5.39. The summed E-state index contributed by atoms with van der Waals surface area (Å²) in [5.41, 5.74) is 12.1. The number of rotatable bonds is 0. The molecule has 0 saturated heterocycles. The Bertz CT molecular complexity index is 168. The second-order valence-corrected chi connectivity index (χ2v) is 1.63. The maximum atomic E-state index is 5.39. The molecule has 0 aromatic heterocycles. The highest BCUT2D eigenvalue weighted by Gasteiger charge is 1.85. The molecule has 1 rings (SSSR count). The quantitative estimate of drug-likeness (QED) is 0.446. The van der Waals surface area contributed by atoms with Crippen molar-refractivity contribution < 1.29 is 0 Å². The number of nitrogens with two attached hydrogens (primary N) is 2. The van der Waals surface area contributed by atoms with Crippen molar-refractivity contribution in [2.45, 2.75) is 0 Å². The molecule has 4 N–H and O–H groups in total. The smallest absolute Gasteiger partial charge is 0.0547 e. The number of hydrogen-bond donors (Lipinski definition) is 2. The first-order valence-corrected chi connectivity index (χ1v) is 3.54. The fourth-order valence-corrected chi connectivity index (χ4v) is 0.511. The van der Waals surface area contributed by atoms with Crippen LogP contribution in [0.15, 0.2) is 24.3 Å². The summed E-state index contributed by atoms with van der Waals surface area (Å²) in [5.74, 6) is 0. The number of halogens is 1. The topological polar surface area (TPSA) is 52.0 Å². The van der Waals surface area contributed by atoms with E-state index >= 15 is 0 Å². The van der Waals surface area contributed by atoms with Gasteiger partial charge in [0.2, 0.25) is 0 Å². The Morgan fingerprint density at radius 2 is 1.30 bits per heavy atom. The summed E-state index contributed by atoms with van der Waals surface area (Å²) in [4.78, 5) is 0. The minimum Gasteiger partial charge on any atom is -0.397 e. The van der Waals surface area contributed by atoms with Crippen LogP contribution in [0.25, 0.3) is 0 Å². The first kappa shape index (κ1) is 9.11. The number of hydrogen-bond acceptors (Lipinski definition) is 2. The molecule has 0 aliphatic rings. The molecular weight excluding hydrogens is 148 g/mol. The Labute approximate surface area is 65.8 Å². The number of alkyl halides is 1. The van der Waals surface area contributed by atoms with Crippen molar-refractivity contribution in [3.63, 3.8) is 0 Å². The first-order chi connectivity index (χ1) is 4.80. The van der Waals surface area contributed by atoms with Gasteiger partial charge < -0.3 is 11.5 Å². The standard InChI is InChI=1S/C6H8N2.CH3Cl/c7-5-3-1-2-4-6(5)8;1-2/h1-4H,7-8H2;1H3. The molecule has 0 atom stereocenters. The first-order valence-electron chi connectivity index (χ1n) is 2.78. The molecule has 0 unspecified atom stereocenters. The molecule has 0 aliphatic carbocycles. The summed E-state index contributed by atoms with van der Waals surface area (Å²) < 4.78 is 0. The van der Waals surface area contributed by atoms with Crippen LogP contribution < -0.4 is 11.5 Å². The fourth-order valence-electron chi connectivity index (χ4n) is 0.511. The Hall–Kier alpha value is -0.890. The summed E-state index contributed by atoms with van der Waals surface area (Å²) in [6.07, 6.45) is 1.47. The SMILES string of the molecule is CCl.Nc1ccccc1N. The third-order valence-corrected chi connectivity index (χ3v) is 0.996. The van der Waals surface area contributed by atoms with E-state index < -0.39 is 0 Å². The lowest BCUT2D eigenvalue weighted by molar-refractivity contribution is 1.67. The normalized spacial score (nSPS) is 7.80. The van der Waals surface area contributed by atoms with Crippen molar-refractivity contribution in [3.05, 3.63) is 24.3 Å². The average molecular weight is 159 g/mol. The zero-order chi connectivity index (χ0) is 7.98. The molecule has 1 aromatic carbocycles. The van der Waals surface area contributed by atoms with Crippen molar-refractivity contribution in [3.8, 4) is 0 Å². The number of nitrogen functional groups attached to an aromatic ring is 2. The molecule has 0 aliphatic heterocycles. The van der Waals surface area contributed by atoms with Crippen LogP contribution in [0.4, 0.5) is 11.4 Å². The molecule has 0 radical (unpaired) electrons. The summed E-state index contributed by atoms with van der Waals surface area (Å²) >= 11 is 4.64. The van der Waals surface area contributed by atoms with Crippen molar-refractivity contribution in [2.75, 3.05) is 17.9 Å². The van der Waals surface area contributed by atoms with Crippen molar-refractivity contribution in [1.82, 2.24) is 0 Å². The summed E-state index contributed by atoms with van der Waals surface area (Å²) in [5, 5.41) is 0. The number of para-hydroxylation sites is 2. The van der Waals surface area contributed by atoms with Crippen LogP contribution in [0.2, 0.25) is 0 Å². The highest BCUT2D eigenvalue weighted by molar-refractivity contribution is 6.15. The average Bonchev–Trinajstić information content (AvgIpc) is 2.00. The molecule has 3 heteroatoms. The van der Waals surface area contributed by atoms with E-state index in [1.165, 1.54) is 6.38 Å². The van der Waals surface area contributed by atoms with Gasteiger partial charge >= 0.3 is 0 Å². The van der Waals surface area contributed by atoms with Gasteiger partial charge in [0.25, 0.3) is 0 Å². The summed E-state index contributed by atoms with van der Waals surface area (Å²) in [6, 6.07) is 7.25. The largest absolute Gasteiger partial charge is 0.397 e. The maximum Gasteiger partial charge on any atom is 0.0547 e. The van der Waals surface area contributed by atoms with Gasteiger partial charge in [0.1, 0.15) is 0 Å². The van der Waals surface area contributed by atoms with Crippen molar-refractivity contribution in [1.29, 1.82) is 0 Å². The van der Waals surface area contributed by atoms with Crippen LogP contribution in [0.1, 0.15) is 0 Å². The third-order valence-electron chi connectivity index (χ3n) is 0.996. The van der Waals surface area contributed by atoms with Gasteiger partial charge in [-0.15, -0.1) is 11.6 Å². The third kappa shape index (κ3) is 2.60. The van der Waals surface area contributed by atoms with E-state index in [1.54, 1.807) is 12.1 Å². The molecule has 0 fully saturated rings. The molecule has 0 heterocycles. The van der Waals surface area contributed by atoms with E-state index in [1.807, 2.05) is 12.1 Å². The number of benzene rings is 1. The van der Waals surface area contributed by atoms with Crippen LogP contribution >= 0.6 is 11.6 Å². The van der Waals surface area contributed by atoms with Gasteiger partial charge in [0.05, 0.1) is 11.4 Å². The van der Waals surface area contributed by atoms with Gasteiger partial charge in [-0.05, 0) is 12.1 Å². The van der Waals surface area contributed by atoms with Crippen LogP contribution in [-0.2, 0) is 0 Å². The fraction of sp³-hybridized carbons (Fsp3) is 0.143. The van der Waals surface area contributed by atoms with E-state index in [0.717, 1.165) is 0 Å². The van der Waals surface area contributed by atoms with Crippen molar-refractivity contribution >= 4 is 23.0 Å². The van der Waals surface area contributed by atoms with Gasteiger partial charge in [-0.3, -0.25) is 0 Å². The van der Waals surface area contributed by atoms with Gasteiger partial charge in [-0.2, -0.15) is 0 Å². The van der Waals surface area contributed by atoms with E-state index in [-0.39, 0.29) is 0 Å². The molecular formula is C7H11ClN2. The Kier molecular flexibility index (Phi) is 4.50. The van der Waals surface area contributed by atoms with E-state index in [2.05, 4.69) is 11.6 Å². The summed E-state index contributed by atoms with van der Waals surface area (Å²) in [7, 11) is 0. The van der Waals surface area contributed by atoms with E-state index in [4.69, 9.17) is 11.5 Å². The summed E-state index contributed by atoms with van der Waals surface area (Å²) in [6.45, 7) is 0. The minimum atomic E-state index is 0.646. The van der Waals surface area contributed by atoms with Gasteiger partial charge in [0.15, 0.2) is 0 Å². The molecule has 0 bridgehead atoms. The molecule has 10 heavy (non-hydrogen) atoms. The Balaban J connectivity index is 0.000000371. The lowest BCUT2D eigenvalue weighted by Gasteiger charge is -1.94. The molecule has 0 spiro atoms. The lowest BCUT2D eigenvalue weighted by atomic mass is 10.3. The molecule has 2 nitrogen and oxygen atoms in total. The van der Waals surface area contributed by atoms with Gasteiger partial charge in [-0.1, -0.05) is 12.1 Å². The van der Waals surface area contributed by atoms with Crippen LogP contribution in [0.3, 0.4) is 0 Å². The Morgan fingerprint density at radius 1 is 1.00 bits per heavy atom. The molecule has 56 valence electrons. The highest BCUT2D eigenvalue weighted by Crippen LogP contribution is 2.10. The highest BCUT2D eigenvalue weighted by atomic mass is 35.5. The van der Waals surface area contributed by atoms with Crippen LogP contribution in [0.5, 0.6) is 0 Å². The predicted molar refractivity (Wildman–Crippen MR) is 47.0 cm³/mol. The lowest BCUT2D eigenvalue weighted by Crippen LogP contribution is -1.91. The monoisotopic (exact) mass is 158 g/mol.